The molecule has 0 aromatic rings. The number of carbonyl (C=O) groups is 2. The lowest BCUT2D eigenvalue weighted by Gasteiger charge is -2.42. The van der Waals surface area contributed by atoms with Gasteiger partial charge in [0.1, 0.15) is 0 Å². The molecule has 32 heavy (non-hydrogen) atoms. The number of hydrogen-bond donors (Lipinski definition) is 1. The van der Waals surface area contributed by atoms with Crippen LogP contribution >= 0.6 is 0 Å². The highest BCUT2D eigenvalue weighted by Crippen LogP contribution is 2.47. The van der Waals surface area contributed by atoms with E-state index in [1.165, 1.54) is 32.1 Å². The molecule has 0 bridgehead atoms. The molecular weight excluding hydrogens is 400 g/mol. The Kier molecular flexibility index (Phi) is 6.30. The molecule has 3 aliphatic carbocycles. The van der Waals surface area contributed by atoms with Crippen molar-refractivity contribution < 1.29 is 9.59 Å². The lowest BCUT2D eigenvalue weighted by atomic mass is 9.67. The van der Waals surface area contributed by atoms with Gasteiger partial charge in [-0.2, -0.15) is 0 Å². The van der Waals surface area contributed by atoms with E-state index < -0.39 is 0 Å². The van der Waals surface area contributed by atoms with Gasteiger partial charge in [-0.3, -0.25) is 15.0 Å². The van der Waals surface area contributed by atoms with Crippen LogP contribution in [-0.4, -0.2) is 71.4 Å². The van der Waals surface area contributed by atoms with Crippen molar-refractivity contribution in [3.05, 3.63) is 0 Å². The fourth-order valence-electron chi connectivity index (χ4n) is 7.16. The van der Waals surface area contributed by atoms with Crippen molar-refractivity contribution in [2.45, 2.75) is 90.6 Å². The molecule has 0 spiro atoms. The molecule has 6 heteroatoms. The minimum atomic E-state index is -0.0928. The first-order valence-electron chi connectivity index (χ1n) is 13.5. The first-order valence-corrected chi connectivity index (χ1v) is 13.5. The molecule has 3 unspecified atom stereocenters. The average molecular weight is 445 g/mol. The van der Waals surface area contributed by atoms with E-state index in [2.05, 4.69) is 36.1 Å². The summed E-state index contributed by atoms with van der Waals surface area (Å²) < 4.78 is 0. The Morgan fingerprint density at radius 1 is 0.844 bits per heavy atom. The highest BCUT2D eigenvalue weighted by Gasteiger charge is 2.48. The number of nitrogens with zero attached hydrogens (tertiary/aromatic N) is 3. The molecule has 2 amide bonds. The fourth-order valence-corrected chi connectivity index (χ4v) is 7.16. The second-order valence-corrected chi connectivity index (χ2v) is 12.1. The third-order valence-corrected chi connectivity index (χ3v) is 9.63. The molecule has 0 aromatic heterocycles. The smallest absolute Gasteiger partial charge is 0.228 e. The summed E-state index contributed by atoms with van der Waals surface area (Å²) in [7, 11) is 0. The van der Waals surface area contributed by atoms with Crippen molar-refractivity contribution in [1.29, 1.82) is 0 Å². The Morgan fingerprint density at radius 3 is 2.06 bits per heavy atom. The summed E-state index contributed by atoms with van der Waals surface area (Å²) in [4.78, 5) is 29.8. The Hall–Kier alpha value is -1.14. The van der Waals surface area contributed by atoms with Gasteiger partial charge < -0.3 is 9.80 Å². The number of hydrazine groups is 1. The summed E-state index contributed by atoms with van der Waals surface area (Å²) in [5, 5.41) is 2.53. The van der Waals surface area contributed by atoms with E-state index in [9.17, 15) is 9.59 Å². The summed E-state index contributed by atoms with van der Waals surface area (Å²) in [5.74, 6) is 3.37. The van der Waals surface area contributed by atoms with Crippen molar-refractivity contribution in [3.8, 4) is 0 Å². The Morgan fingerprint density at radius 2 is 1.44 bits per heavy atom. The van der Waals surface area contributed by atoms with Gasteiger partial charge >= 0.3 is 0 Å². The summed E-state index contributed by atoms with van der Waals surface area (Å²) in [6.07, 6.45) is 10.7. The molecule has 0 aromatic carbocycles. The van der Waals surface area contributed by atoms with Crippen LogP contribution in [0.5, 0.6) is 0 Å². The van der Waals surface area contributed by atoms with Crippen molar-refractivity contribution in [1.82, 2.24) is 20.2 Å². The predicted octanol–water partition coefficient (Wildman–Crippen LogP) is 3.28. The summed E-state index contributed by atoms with van der Waals surface area (Å²) >= 11 is 0. The van der Waals surface area contributed by atoms with Crippen LogP contribution in [0, 0.1) is 29.1 Å². The molecular formula is C26H44N4O2. The van der Waals surface area contributed by atoms with E-state index in [-0.39, 0.29) is 11.3 Å². The molecule has 1 N–H and O–H groups in total. The lowest BCUT2D eigenvalue weighted by Crippen LogP contribution is -2.53. The monoisotopic (exact) mass is 444 g/mol. The Bertz CT molecular complexity index is 705. The van der Waals surface area contributed by atoms with Crippen molar-refractivity contribution >= 4 is 11.8 Å². The van der Waals surface area contributed by atoms with Crippen LogP contribution in [0.25, 0.3) is 0 Å². The zero-order chi connectivity index (χ0) is 22.5. The number of amides is 2. The van der Waals surface area contributed by atoms with E-state index in [0.29, 0.717) is 23.9 Å². The van der Waals surface area contributed by atoms with Gasteiger partial charge in [-0.25, -0.2) is 5.01 Å². The van der Waals surface area contributed by atoms with Crippen LogP contribution in [0.1, 0.15) is 78.6 Å². The molecule has 5 rings (SSSR count). The minimum Gasteiger partial charge on any atom is -0.339 e. The quantitative estimate of drug-likeness (QED) is 0.723. The highest BCUT2D eigenvalue weighted by molar-refractivity contribution is 5.85. The number of hydrogen-bond acceptors (Lipinski definition) is 4. The molecule has 2 heterocycles. The lowest BCUT2D eigenvalue weighted by molar-refractivity contribution is -0.145. The summed E-state index contributed by atoms with van der Waals surface area (Å²) in [6, 6.07) is 1.28. The third-order valence-electron chi connectivity index (χ3n) is 9.63. The zero-order valence-corrected chi connectivity index (χ0v) is 20.5. The molecule has 0 radical (unpaired) electrons. The standard InChI is InChI=1S/C26H44N4O2/c1-18(2)30-23-16-21(8-9-22(23)17-27-30)19-4-6-20(7-5-19)24(31)28-12-14-29(15-13-28)25(32)26(3)10-11-26/h18-23,27H,4-17H2,1-3H3. The third kappa shape index (κ3) is 4.34. The molecule has 3 saturated carbocycles. The maximum absolute atomic E-state index is 13.2. The molecule has 180 valence electrons. The average Bonchev–Trinajstić information content (AvgIpc) is 3.42. The van der Waals surface area contributed by atoms with E-state index in [1.807, 2.05) is 4.90 Å². The summed E-state index contributed by atoms with van der Waals surface area (Å²) in [5.41, 5.74) is 3.57. The van der Waals surface area contributed by atoms with Crippen LogP contribution in [0.15, 0.2) is 0 Å². The zero-order valence-electron chi connectivity index (χ0n) is 20.5. The second-order valence-electron chi connectivity index (χ2n) is 12.1. The first-order chi connectivity index (χ1) is 15.4. The summed E-state index contributed by atoms with van der Waals surface area (Å²) in [6.45, 7) is 10.8. The van der Waals surface area contributed by atoms with Crippen LogP contribution < -0.4 is 5.43 Å². The van der Waals surface area contributed by atoms with Gasteiger partial charge in [-0.1, -0.05) is 6.92 Å². The Labute approximate surface area is 194 Å². The van der Waals surface area contributed by atoms with E-state index in [0.717, 1.165) is 76.2 Å². The van der Waals surface area contributed by atoms with Gasteiger partial charge in [-0.05, 0) is 89.4 Å². The molecule has 2 aliphatic heterocycles. The van der Waals surface area contributed by atoms with Crippen molar-refractivity contribution in [3.63, 3.8) is 0 Å². The second kappa shape index (κ2) is 8.90. The first kappa shape index (κ1) is 22.6. The van der Waals surface area contributed by atoms with Crippen LogP contribution in [0.3, 0.4) is 0 Å². The number of fused-ring (bicyclic) bond motifs is 1. The van der Waals surface area contributed by atoms with Gasteiger partial charge in [0.05, 0.1) is 0 Å². The van der Waals surface area contributed by atoms with Crippen molar-refractivity contribution in [2.75, 3.05) is 32.7 Å². The maximum atomic E-state index is 13.2. The molecule has 3 atom stereocenters. The largest absolute Gasteiger partial charge is 0.339 e. The van der Waals surface area contributed by atoms with E-state index in [1.54, 1.807) is 0 Å². The van der Waals surface area contributed by atoms with Crippen LogP contribution in [-0.2, 0) is 9.59 Å². The fraction of sp³-hybridized carbons (Fsp3) is 0.923. The van der Waals surface area contributed by atoms with Crippen LogP contribution in [0.2, 0.25) is 0 Å². The number of rotatable bonds is 4. The predicted molar refractivity (Wildman–Crippen MR) is 126 cm³/mol. The minimum absolute atomic E-state index is 0.0928. The molecule has 5 aliphatic rings. The maximum Gasteiger partial charge on any atom is 0.228 e. The highest BCUT2D eigenvalue weighted by atomic mass is 16.2. The van der Waals surface area contributed by atoms with Gasteiger partial charge in [-0.15, -0.1) is 0 Å². The number of nitrogens with one attached hydrogen (secondary N) is 1. The van der Waals surface area contributed by atoms with Gasteiger partial charge in [0.25, 0.3) is 0 Å². The SMILES string of the molecule is CC(C)N1NCC2CCC(C3CCC(C(=O)N4CCN(C(=O)C5(C)CC5)CC4)CC3)CC21. The normalized spacial score (nSPS) is 37.4. The molecule has 5 fully saturated rings. The topological polar surface area (TPSA) is 55.9 Å². The van der Waals surface area contributed by atoms with Gasteiger partial charge in [0.2, 0.25) is 11.8 Å². The van der Waals surface area contributed by atoms with E-state index >= 15 is 0 Å². The van der Waals surface area contributed by atoms with Crippen LogP contribution in [0.4, 0.5) is 0 Å². The number of piperazine rings is 1. The molecule has 6 nitrogen and oxygen atoms in total. The Balaban J connectivity index is 1.08. The van der Waals surface area contributed by atoms with Crippen molar-refractivity contribution in [2.24, 2.45) is 29.1 Å². The van der Waals surface area contributed by atoms with E-state index in [4.69, 9.17) is 0 Å². The van der Waals surface area contributed by atoms with Gasteiger partial charge in [0.15, 0.2) is 0 Å². The molecule has 2 saturated heterocycles. The number of carbonyl (C=O) groups excluding carboxylic acids is 2. The van der Waals surface area contributed by atoms with Gasteiger partial charge in [0, 0.05) is 56.1 Å².